The Morgan fingerprint density at radius 2 is 2.23 bits per heavy atom. The maximum absolute atomic E-state index is 8.62. The molecule has 0 aliphatic heterocycles. The van der Waals surface area contributed by atoms with Crippen molar-refractivity contribution in [3.63, 3.8) is 0 Å². The standard InChI is InChI=1S/C12H20O/c1-10-7-8-11(12(10,2)3)6-4-5-9-13/h4-5,7,11,13H,6,8-9H2,1-3H3. The third-order valence-electron chi connectivity index (χ3n) is 3.44. The number of aliphatic hydroxyl groups is 1. The van der Waals surface area contributed by atoms with Gasteiger partial charge >= 0.3 is 0 Å². The van der Waals surface area contributed by atoms with Crippen molar-refractivity contribution in [2.24, 2.45) is 11.3 Å². The summed E-state index contributed by atoms with van der Waals surface area (Å²) in [5.41, 5.74) is 1.86. The number of allylic oxidation sites excluding steroid dienone is 3. The number of hydrogen-bond acceptors (Lipinski definition) is 1. The molecule has 1 atom stereocenters. The summed E-state index contributed by atoms with van der Waals surface area (Å²) in [4.78, 5) is 0. The number of hydrogen-bond donors (Lipinski definition) is 1. The lowest BCUT2D eigenvalue weighted by Crippen LogP contribution is -2.19. The van der Waals surface area contributed by atoms with Crippen molar-refractivity contribution in [2.45, 2.75) is 33.6 Å². The van der Waals surface area contributed by atoms with Gasteiger partial charge in [0.1, 0.15) is 0 Å². The third kappa shape index (κ3) is 2.22. The average molecular weight is 180 g/mol. The van der Waals surface area contributed by atoms with E-state index in [1.54, 1.807) is 0 Å². The van der Waals surface area contributed by atoms with E-state index in [1.807, 2.05) is 6.08 Å². The summed E-state index contributed by atoms with van der Waals surface area (Å²) in [6.45, 7) is 7.00. The van der Waals surface area contributed by atoms with Crippen LogP contribution in [-0.4, -0.2) is 11.7 Å². The molecule has 13 heavy (non-hydrogen) atoms. The Labute approximate surface area is 81.2 Å². The Morgan fingerprint density at radius 1 is 1.54 bits per heavy atom. The maximum atomic E-state index is 8.62. The second-order valence-electron chi connectivity index (χ2n) is 4.43. The van der Waals surface area contributed by atoms with Crippen molar-refractivity contribution in [3.05, 3.63) is 23.8 Å². The lowest BCUT2D eigenvalue weighted by atomic mass is 9.76. The highest BCUT2D eigenvalue weighted by Crippen LogP contribution is 2.44. The molecule has 1 N–H and O–H groups in total. The second kappa shape index (κ2) is 4.10. The first-order valence-electron chi connectivity index (χ1n) is 5.02. The van der Waals surface area contributed by atoms with Gasteiger partial charge in [0.2, 0.25) is 0 Å². The summed E-state index contributed by atoms with van der Waals surface area (Å²) < 4.78 is 0. The molecule has 1 aliphatic rings. The van der Waals surface area contributed by atoms with Crippen LogP contribution in [-0.2, 0) is 0 Å². The van der Waals surface area contributed by atoms with E-state index in [4.69, 9.17) is 5.11 Å². The molecule has 1 aliphatic carbocycles. The first-order valence-corrected chi connectivity index (χ1v) is 5.02. The predicted molar refractivity (Wildman–Crippen MR) is 56.5 cm³/mol. The van der Waals surface area contributed by atoms with Crippen molar-refractivity contribution in [1.29, 1.82) is 0 Å². The topological polar surface area (TPSA) is 20.2 Å². The molecule has 1 rings (SSSR count). The molecular formula is C12H20O. The van der Waals surface area contributed by atoms with Gasteiger partial charge in [-0.25, -0.2) is 0 Å². The third-order valence-corrected chi connectivity index (χ3v) is 3.44. The molecule has 1 nitrogen and oxygen atoms in total. The molecule has 0 saturated heterocycles. The summed E-state index contributed by atoms with van der Waals surface area (Å²) in [5.74, 6) is 0.718. The fourth-order valence-corrected chi connectivity index (χ4v) is 1.92. The normalized spacial score (nSPS) is 26.8. The molecule has 1 unspecified atom stereocenters. The minimum absolute atomic E-state index is 0.166. The molecule has 0 spiro atoms. The van der Waals surface area contributed by atoms with Gasteiger partial charge in [-0.2, -0.15) is 0 Å². The van der Waals surface area contributed by atoms with Gasteiger partial charge < -0.3 is 5.11 Å². The van der Waals surface area contributed by atoms with E-state index >= 15 is 0 Å². The van der Waals surface area contributed by atoms with Crippen LogP contribution in [0.25, 0.3) is 0 Å². The highest BCUT2D eigenvalue weighted by molar-refractivity contribution is 5.18. The van der Waals surface area contributed by atoms with Gasteiger partial charge in [-0.1, -0.05) is 37.6 Å². The smallest absolute Gasteiger partial charge is 0.0612 e. The van der Waals surface area contributed by atoms with Crippen molar-refractivity contribution >= 4 is 0 Å². The SMILES string of the molecule is CC1=CCC(CC=CCO)C1(C)C. The first-order chi connectivity index (χ1) is 6.09. The average Bonchev–Trinajstić information content (AvgIpc) is 2.32. The molecule has 0 radical (unpaired) electrons. The zero-order chi connectivity index (χ0) is 9.90. The Bertz CT molecular complexity index is 223. The largest absolute Gasteiger partial charge is 0.392 e. The van der Waals surface area contributed by atoms with Gasteiger partial charge in [0, 0.05) is 0 Å². The number of aliphatic hydroxyl groups excluding tert-OH is 1. The molecule has 0 fully saturated rings. The number of rotatable bonds is 3. The summed E-state index contributed by atoms with van der Waals surface area (Å²) in [5, 5.41) is 8.62. The van der Waals surface area contributed by atoms with Crippen LogP contribution in [0.5, 0.6) is 0 Å². The molecule has 0 aromatic heterocycles. The molecule has 0 saturated carbocycles. The minimum atomic E-state index is 0.166. The molecular weight excluding hydrogens is 160 g/mol. The van der Waals surface area contributed by atoms with Crippen LogP contribution in [0, 0.1) is 11.3 Å². The molecule has 1 heteroatoms. The Balaban J connectivity index is 2.51. The second-order valence-corrected chi connectivity index (χ2v) is 4.43. The van der Waals surface area contributed by atoms with Gasteiger partial charge in [-0.3, -0.25) is 0 Å². The fraction of sp³-hybridized carbons (Fsp3) is 0.667. The van der Waals surface area contributed by atoms with Gasteiger partial charge in [0.05, 0.1) is 6.61 Å². The minimum Gasteiger partial charge on any atom is -0.392 e. The zero-order valence-corrected chi connectivity index (χ0v) is 8.88. The van der Waals surface area contributed by atoms with Crippen molar-refractivity contribution < 1.29 is 5.11 Å². The first kappa shape index (κ1) is 10.5. The Hall–Kier alpha value is -0.560. The van der Waals surface area contributed by atoms with Crippen LogP contribution in [0.2, 0.25) is 0 Å². The van der Waals surface area contributed by atoms with E-state index in [0.29, 0.717) is 5.41 Å². The van der Waals surface area contributed by atoms with Crippen LogP contribution < -0.4 is 0 Å². The van der Waals surface area contributed by atoms with Crippen LogP contribution in [0.4, 0.5) is 0 Å². The van der Waals surface area contributed by atoms with E-state index in [-0.39, 0.29) is 6.61 Å². The fourth-order valence-electron chi connectivity index (χ4n) is 1.92. The molecule has 0 bridgehead atoms. The Kier molecular flexibility index (Phi) is 3.32. The monoisotopic (exact) mass is 180 g/mol. The molecule has 0 aromatic carbocycles. The van der Waals surface area contributed by atoms with Crippen LogP contribution >= 0.6 is 0 Å². The van der Waals surface area contributed by atoms with E-state index in [1.165, 1.54) is 12.0 Å². The molecule has 0 amide bonds. The van der Waals surface area contributed by atoms with Crippen LogP contribution in [0.3, 0.4) is 0 Å². The lowest BCUT2D eigenvalue weighted by Gasteiger charge is -2.28. The van der Waals surface area contributed by atoms with Gasteiger partial charge in [0.15, 0.2) is 0 Å². The maximum Gasteiger partial charge on any atom is 0.0612 e. The molecule has 0 heterocycles. The highest BCUT2D eigenvalue weighted by atomic mass is 16.2. The highest BCUT2D eigenvalue weighted by Gasteiger charge is 2.33. The predicted octanol–water partition coefficient (Wildman–Crippen LogP) is 2.92. The van der Waals surface area contributed by atoms with Gasteiger partial charge in [-0.15, -0.1) is 0 Å². The summed E-state index contributed by atoms with van der Waals surface area (Å²) in [6, 6.07) is 0. The van der Waals surface area contributed by atoms with Crippen LogP contribution in [0.1, 0.15) is 33.6 Å². The quantitative estimate of drug-likeness (QED) is 0.662. The van der Waals surface area contributed by atoms with Crippen molar-refractivity contribution in [1.82, 2.24) is 0 Å². The van der Waals surface area contributed by atoms with Crippen molar-refractivity contribution in [3.8, 4) is 0 Å². The summed E-state index contributed by atoms with van der Waals surface area (Å²) in [7, 11) is 0. The van der Waals surface area contributed by atoms with Crippen molar-refractivity contribution in [2.75, 3.05) is 6.61 Å². The van der Waals surface area contributed by atoms with Gasteiger partial charge in [-0.05, 0) is 31.1 Å². The lowest BCUT2D eigenvalue weighted by molar-refractivity contribution is 0.293. The Morgan fingerprint density at radius 3 is 2.69 bits per heavy atom. The van der Waals surface area contributed by atoms with E-state index in [0.717, 1.165) is 12.3 Å². The van der Waals surface area contributed by atoms with E-state index < -0.39 is 0 Å². The summed E-state index contributed by atoms with van der Waals surface area (Å²) in [6.07, 6.45) is 8.55. The van der Waals surface area contributed by atoms with E-state index in [9.17, 15) is 0 Å². The molecule has 0 aromatic rings. The van der Waals surface area contributed by atoms with E-state index in [2.05, 4.69) is 32.9 Å². The molecule has 74 valence electrons. The van der Waals surface area contributed by atoms with Crippen LogP contribution in [0.15, 0.2) is 23.8 Å². The zero-order valence-electron chi connectivity index (χ0n) is 8.88. The summed E-state index contributed by atoms with van der Waals surface area (Å²) >= 11 is 0. The van der Waals surface area contributed by atoms with Gasteiger partial charge in [0.25, 0.3) is 0 Å².